The van der Waals surface area contributed by atoms with Gasteiger partial charge < -0.3 is 19.9 Å². The number of carbonyl (C=O) groups excluding carboxylic acids is 1. The topological polar surface area (TPSA) is 74.4 Å². The van der Waals surface area contributed by atoms with Crippen LogP contribution < -0.4 is 15.5 Å². The Morgan fingerprint density at radius 2 is 1.97 bits per heavy atom. The minimum absolute atomic E-state index is 0.0705. The maximum atomic E-state index is 12.1. The molecule has 1 aromatic heterocycles. The van der Waals surface area contributed by atoms with Gasteiger partial charge in [0.25, 0.3) is 0 Å². The summed E-state index contributed by atoms with van der Waals surface area (Å²) in [5, 5.41) is 3.06. The molecular weight excluding hydrogens is 390 g/mol. The highest BCUT2D eigenvalue weighted by Crippen LogP contribution is 2.23. The van der Waals surface area contributed by atoms with E-state index in [4.69, 9.17) is 4.74 Å². The Hall–Kier alpha value is -3.28. The number of piperidine rings is 1. The number of H-pyrrole nitrogens is 1. The molecule has 0 aromatic carbocycles. The third-order valence-corrected chi connectivity index (χ3v) is 5.22. The average molecular weight is 422 g/mol. The third kappa shape index (κ3) is 7.48. The summed E-state index contributed by atoms with van der Waals surface area (Å²) in [5.41, 5.74) is 2.41. The molecule has 31 heavy (non-hydrogen) atoms. The predicted molar refractivity (Wildman–Crippen MR) is 124 cm³/mol. The molecule has 0 spiro atoms. The number of rotatable bonds is 5. The fourth-order valence-corrected chi connectivity index (χ4v) is 3.38. The zero-order chi connectivity index (χ0) is 22.1. The van der Waals surface area contributed by atoms with Gasteiger partial charge in [0.1, 0.15) is 6.10 Å². The van der Waals surface area contributed by atoms with Crippen molar-refractivity contribution >= 4 is 6.03 Å². The molecule has 2 aliphatic carbocycles. The van der Waals surface area contributed by atoms with E-state index in [1.807, 2.05) is 4.90 Å². The molecule has 6 nitrogen and oxygen atoms in total. The lowest BCUT2D eigenvalue weighted by Crippen LogP contribution is -2.44. The van der Waals surface area contributed by atoms with E-state index in [1.165, 1.54) is 17.7 Å². The second-order valence-corrected chi connectivity index (χ2v) is 7.83. The largest absolute Gasteiger partial charge is 0.471 e. The van der Waals surface area contributed by atoms with E-state index in [0.29, 0.717) is 11.9 Å². The summed E-state index contributed by atoms with van der Waals surface area (Å²) in [5.74, 6) is 0.487. The standard InChI is InChI=1S/C21H25N3O3.C4H6/c25-18-6-9-22-20(14-18)27-19-3-1-2-16(13-19)12-15-7-10-24(11-8-15)21(26)23-17-4-5-17;1-3-4-2/h1-2,6,9,12-14,17,19H,3-5,7-8,10-11H2,(H,22,25)(H,23,26);3-4H,1-2H2. The number of carbonyl (C=O) groups is 1. The van der Waals surface area contributed by atoms with Crippen molar-refractivity contribution in [3.8, 4) is 5.88 Å². The van der Waals surface area contributed by atoms with E-state index in [1.54, 1.807) is 18.3 Å². The van der Waals surface area contributed by atoms with Gasteiger partial charge in [-0.25, -0.2) is 4.79 Å². The van der Waals surface area contributed by atoms with Crippen LogP contribution in [0.25, 0.3) is 0 Å². The van der Waals surface area contributed by atoms with Gasteiger partial charge in [0.15, 0.2) is 11.3 Å². The van der Waals surface area contributed by atoms with E-state index in [0.717, 1.165) is 50.8 Å². The lowest BCUT2D eigenvalue weighted by Gasteiger charge is -2.29. The van der Waals surface area contributed by atoms with Crippen LogP contribution in [0.2, 0.25) is 0 Å². The predicted octanol–water partition coefficient (Wildman–Crippen LogP) is 4.26. The van der Waals surface area contributed by atoms with Gasteiger partial charge in [-0.2, -0.15) is 0 Å². The van der Waals surface area contributed by atoms with Crippen molar-refractivity contribution < 1.29 is 9.53 Å². The number of allylic oxidation sites excluding steroid dienone is 5. The highest BCUT2D eigenvalue weighted by Gasteiger charge is 2.27. The van der Waals surface area contributed by atoms with Gasteiger partial charge in [-0.3, -0.25) is 4.79 Å². The summed E-state index contributed by atoms with van der Waals surface area (Å²) in [6.07, 6.45) is 18.1. The molecule has 3 aliphatic rings. The summed E-state index contributed by atoms with van der Waals surface area (Å²) < 4.78 is 5.87. The molecule has 1 atom stereocenters. The van der Waals surface area contributed by atoms with Gasteiger partial charge in [0, 0.05) is 43.9 Å². The van der Waals surface area contributed by atoms with Crippen molar-refractivity contribution in [3.05, 3.63) is 89.3 Å². The van der Waals surface area contributed by atoms with Crippen LogP contribution >= 0.6 is 0 Å². The number of amides is 2. The van der Waals surface area contributed by atoms with Crippen molar-refractivity contribution in [2.24, 2.45) is 0 Å². The second kappa shape index (κ2) is 11.2. The highest BCUT2D eigenvalue weighted by atomic mass is 16.5. The van der Waals surface area contributed by atoms with Gasteiger partial charge in [0.05, 0.1) is 0 Å². The molecule has 0 radical (unpaired) electrons. The van der Waals surface area contributed by atoms with Gasteiger partial charge in [-0.05, 0) is 37.3 Å². The van der Waals surface area contributed by atoms with Gasteiger partial charge in [0.2, 0.25) is 0 Å². The fourth-order valence-electron chi connectivity index (χ4n) is 3.38. The first-order valence-corrected chi connectivity index (χ1v) is 10.8. The Bertz CT molecular complexity index is 921. The number of nitrogens with zero attached hydrogens (tertiary/aromatic N) is 1. The maximum absolute atomic E-state index is 12.1. The van der Waals surface area contributed by atoms with Crippen molar-refractivity contribution in [1.29, 1.82) is 0 Å². The van der Waals surface area contributed by atoms with E-state index in [2.05, 4.69) is 47.8 Å². The van der Waals surface area contributed by atoms with Crippen LogP contribution in [0.4, 0.5) is 4.79 Å². The van der Waals surface area contributed by atoms with Crippen molar-refractivity contribution in [3.63, 3.8) is 0 Å². The van der Waals surface area contributed by atoms with Crippen LogP contribution in [0.5, 0.6) is 5.88 Å². The van der Waals surface area contributed by atoms with Crippen LogP contribution in [-0.4, -0.2) is 41.2 Å². The number of likely N-dealkylation sites (tertiary alicyclic amines) is 1. The quantitative estimate of drug-likeness (QED) is 0.698. The van der Waals surface area contributed by atoms with Gasteiger partial charge in [-0.15, -0.1) is 0 Å². The summed E-state index contributed by atoms with van der Waals surface area (Å²) in [4.78, 5) is 28.4. The van der Waals surface area contributed by atoms with Gasteiger partial charge in [-0.1, -0.05) is 49.1 Å². The maximum Gasteiger partial charge on any atom is 0.317 e. The van der Waals surface area contributed by atoms with Crippen LogP contribution in [-0.2, 0) is 0 Å². The lowest BCUT2D eigenvalue weighted by molar-refractivity contribution is 0.193. The lowest BCUT2D eigenvalue weighted by atomic mass is 9.97. The Labute approximate surface area is 183 Å². The molecule has 6 heteroatoms. The van der Waals surface area contributed by atoms with Crippen molar-refractivity contribution in [2.45, 2.75) is 44.2 Å². The molecule has 1 saturated heterocycles. The summed E-state index contributed by atoms with van der Waals surface area (Å²) in [6, 6.07) is 3.42. The fraction of sp³-hybridized carbons (Fsp3) is 0.360. The van der Waals surface area contributed by atoms with Crippen molar-refractivity contribution in [2.75, 3.05) is 13.1 Å². The van der Waals surface area contributed by atoms with E-state index in [9.17, 15) is 9.59 Å². The highest BCUT2D eigenvalue weighted by molar-refractivity contribution is 5.75. The molecular formula is C25H31N3O3. The molecule has 1 unspecified atom stereocenters. The minimum Gasteiger partial charge on any atom is -0.471 e. The first-order valence-electron chi connectivity index (χ1n) is 10.8. The first kappa shape index (κ1) is 22.4. The molecule has 1 saturated carbocycles. The number of aromatic nitrogens is 1. The Kier molecular flexibility index (Phi) is 8.10. The zero-order valence-electron chi connectivity index (χ0n) is 17.9. The first-order chi connectivity index (χ1) is 15.1. The molecule has 1 aromatic rings. The van der Waals surface area contributed by atoms with E-state index >= 15 is 0 Å². The zero-order valence-corrected chi connectivity index (χ0v) is 17.9. The molecule has 2 heterocycles. The number of nitrogens with one attached hydrogen (secondary N) is 2. The number of ether oxygens (including phenoxy) is 1. The monoisotopic (exact) mass is 421 g/mol. The van der Waals surface area contributed by atoms with E-state index in [-0.39, 0.29) is 17.6 Å². The van der Waals surface area contributed by atoms with Crippen LogP contribution in [0, 0.1) is 0 Å². The molecule has 4 rings (SSSR count). The summed E-state index contributed by atoms with van der Waals surface area (Å²) >= 11 is 0. The van der Waals surface area contributed by atoms with Crippen molar-refractivity contribution in [1.82, 2.24) is 15.2 Å². The van der Waals surface area contributed by atoms with Crippen LogP contribution in [0.1, 0.15) is 32.1 Å². The van der Waals surface area contributed by atoms with Crippen LogP contribution in [0.3, 0.4) is 0 Å². The Morgan fingerprint density at radius 1 is 1.23 bits per heavy atom. The number of hydrogen-bond acceptors (Lipinski definition) is 3. The Balaban J connectivity index is 0.000000628. The number of aromatic amines is 1. The molecule has 164 valence electrons. The minimum atomic E-state index is -0.0932. The number of urea groups is 1. The molecule has 1 aliphatic heterocycles. The summed E-state index contributed by atoms with van der Waals surface area (Å²) in [7, 11) is 0. The van der Waals surface area contributed by atoms with Gasteiger partial charge >= 0.3 is 6.03 Å². The normalized spacial score (nSPS) is 20.0. The SMILES string of the molecule is C=CC=C.O=C(NC1CC1)N1CCC(=CC2=CC(Oc3cc(=O)cc[nH]3)CC=C2)CC1. The molecule has 0 bridgehead atoms. The average Bonchev–Trinajstić information content (AvgIpc) is 3.59. The summed E-state index contributed by atoms with van der Waals surface area (Å²) in [6.45, 7) is 8.26. The molecule has 2 amide bonds. The Morgan fingerprint density at radius 3 is 2.61 bits per heavy atom. The smallest absolute Gasteiger partial charge is 0.317 e. The second-order valence-electron chi connectivity index (χ2n) is 7.83. The van der Waals surface area contributed by atoms with Crippen LogP contribution in [0.15, 0.2) is 83.9 Å². The third-order valence-electron chi connectivity index (χ3n) is 5.22. The van der Waals surface area contributed by atoms with E-state index < -0.39 is 0 Å². The number of pyridine rings is 1. The molecule has 2 N–H and O–H groups in total. The molecule has 2 fully saturated rings. The number of hydrogen-bond donors (Lipinski definition) is 2.